The molecule has 0 saturated carbocycles. The second kappa shape index (κ2) is 7.37. The van der Waals surface area contributed by atoms with Gasteiger partial charge in [-0.25, -0.2) is 0 Å². The SMILES string of the molecule is N#C/C(=C\c1c2ccccc2cc2ccccc12)C(=O)c1cccc([N+](=O)[O-])c1. The maximum atomic E-state index is 12.9. The average molecular weight is 378 g/mol. The number of carbonyl (C=O) groups is 1. The third-order valence-corrected chi connectivity index (χ3v) is 4.79. The summed E-state index contributed by atoms with van der Waals surface area (Å²) in [5.74, 6) is -0.548. The molecule has 0 heterocycles. The van der Waals surface area contributed by atoms with Gasteiger partial charge in [0, 0.05) is 17.7 Å². The third kappa shape index (κ3) is 3.35. The number of benzene rings is 4. The van der Waals surface area contributed by atoms with Crippen LogP contribution in [0.15, 0.2) is 84.4 Å². The van der Waals surface area contributed by atoms with E-state index < -0.39 is 10.7 Å². The van der Waals surface area contributed by atoms with Crippen molar-refractivity contribution in [1.82, 2.24) is 0 Å². The second-order valence-electron chi connectivity index (χ2n) is 6.54. The fraction of sp³-hybridized carbons (Fsp3) is 0. The van der Waals surface area contributed by atoms with Crippen LogP contribution in [0.1, 0.15) is 15.9 Å². The highest BCUT2D eigenvalue weighted by molar-refractivity contribution is 6.17. The van der Waals surface area contributed by atoms with Gasteiger partial charge in [-0.3, -0.25) is 14.9 Å². The quantitative estimate of drug-likeness (QED) is 0.114. The Kier molecular flexibility index (Phi) is 4.60. The number of hydrogen-bond acceptors (Lipinski definition) is 4. The number of Topliss-reactive ketones (excluding diaryl/α,β-unsaturated/α-hetero) is 1. The molecule has 5 heteroatoms. The van der Waals surface area contributed by atoms with Crippen LogP contribution < -0.4 is 0 Å². The van der Waals surface area contributed by atoms with Crippen LogP contribution in [0.25, 0.3) is 27.6 Å². The summed E-state index contributed by atoms with van der Waals surface area (Å²) >= 11 is 0. The molecular weight excluding hydrogens is 364 g/mol. The van der Waals surface area contributed by atoms with E-state index >= 15 is 0 Å². The molecule has 4 aromatic rings. The Bertz CT molecular complexity index is 1310. The largest absolute Gasteiger partial charge is 0.288 e. The Hall–Kier alpha value is -4.30. The van der Waals surface area contributed by atoms with E-state index in [9.17, 15) is 20.2 Å². The summed E-state index contributed by atoms with van der Waals surface area (Å²) in [5.41, 5.74) is 0.612. The van der Waals surface area contributed by atoms with Crippen LogP contribution >= 0.6 is 0 Å². The van der Waals surface area contributed by atoms with E-state index in [2.05, 4.69) is 6.07 Å². The van der Waals surface area contributed by atoms with Gasteiger partial charge in [-0.05, 0) is 39.3 Å². The summed E-state index contributed by atoms with van der Waals surface area (Å²) in [7, 11) is 0. The first kappa shape index (κ1) is 18.1. The summed E-state index contributed by atoms with van der Waals surface area (Å²) in [4.78, 5) is 23.4. The monoisotopic (exact) mass is 378 g/mol. The number of nitrogens with zero attached hydrogens (tertiary/aromatic N) is 2. The fourth-order valence-electron chi connectivity index (χ4n) is 3.41. The van der Waals surface area contributed by atoms with E-state index in [1.807, 2.05) is 54.6 Å². The molecule has 0 radical (unpaired) electrons. The Balaban J connectivity index is 1.92. The molecule has 0 amide bonds. The number of fused-ring (bicyclic) bond motifs is 2. The molecule has 0 spiro atoms. The van der Waals surface area contributed by atoms with Gasteiger partial charge in [0.15, 0.2) is 0 Å². The van der Waals surface area contributed by atoms with E-state index in [1.54, 1.807) is 6.08 Å². The van der Waals surface area contributed by atoms with Gasteiger partial charge in [-0.15, -0.1) is 0 Å². The highest BCUT2D eigenvalue weighted by Gasteiger charge is 2.17. The standard InChI is InChI=1S/C24H14N2O3/c25-15-19(24(27)18-8-5-9-20(13-18)26(28)29)14-23-21-10-3-1-6-16(21)12-17-7-2-4-11-22(17)23/h1-14H/b19-14+. The van der Waals surface area contributed by atoms with Crippen molar-refractivity contribution in [3.8, 4) is 6.07 Å². The summed E-state index contributed by atoms with van der Waals surface area (Å²) in [6.07, 6.45) is 1.58. The molecule has 138 valence electrons. The summed E-state index contributed by atoms with van der Waals surface area (Å²) in [6, 6.07) is 25.0. The highest BCUT2D eigenvalue weighted by Crippen LogP contribution is 2.30. The van der Waals surface area contributed by atoms with Crippen LogP contribution in [0.2, 0.25) is 0 Å². The zero-order valence-electron chi connectivity index (χ0n) is 15.2. The summed E-state index contributed by atoms with van der Waals surface area (Å²) in [5, 5.41) is 24.5. The van der Waals surface area contributed by atoms with Crippen molar-refractivity contribution < 1.29 is 9.72 Å². The predicted molar refractivity (Wildman–Crippen MR) is 112 cm³/mol. The number of hydrogen-bond donors (Lipinski definition) is 0. The number of nitro groups is 1. The Morgan fingerprint density at radius 3 is 2.10 bits per heavy atom. The molecule has 0 atom stereocenters. The minimum absolute atomic E-state index is 0.0768. The summed E-state index contributed by atoms with van der Waals surface area (Å²) in [6.45, 7) is 0. The molecule has 4 aromatic carbocycles. The lowest BCUT2D eigenvalue weighted by Crippen LogP contribution is -2.03. The van der Waals surface area contributed by atoms with Crippen molar-refractivity contribution in [2.24, 2.45) is 0 Å². The fourth-order valence-corrected chi connectivity index (χ4v) is 3.41. The van der Waals surface area contributed by atoms with Crippen LogP contribution in [0, 0.1) is 21.4 Å². The Morgan fingerprint density at radius 2 is 1.52 bits per heavy atom. The van der Waals surface area contributed by atoms with Gasteiger partial charge in [-0.1, -0.05) is 60.7 Å². The van der Waals surface area contributed by atoms with Crippen molar-refractivity contribution in [3.63, 3.8) is 0 Å². The smallest absolute Gasteiger partial charge is 0.270 e. The average Bonchev–Trinajstić information content (AvgIpc) is 2.76. The van der Waals surface area contributed by atoms with Gasteiger partial charge in [-0.2, -0.15) is 5.26 Å². The van der Waals surface area contributed by atoms with E-state index in [4.69, 9.17) is 0 Å². The van der Waals surface area contributed by atoms with E-state index in [0.717, 1.165) is 27.1 Å². The number of allylic oxidation sites excluding steroid dienone is 1. The van der Waals surface area contributed by atoms with E-state index in [1.165, 1.54) is 24.3 Å². The van der Waals surface area contributed by atoms with Crippen molar-refractivity contribution in [3.05, 3.63) is 106 Å². The van der Waals surface area contributed by atoms with Crippen LogP contribution in [-0.4, -0.2) is 10.7 Å². The van der Waals surface area contributed by atoms with Crippen LogP contribution in [0.3, 0.4) is 0 Å². The van der Waals surface area contributed by atoms with Crippen molar-refractivity contribution in [1.29, 1.82) is 5.26 Å². The predicted octanol–water partition coefficient (Wildman–Crippen LogP) is 5.69. The second-order valence-corrected chi connectivity index (χ2v) is 6.54. The lowest BCUT2D eigenvalue weighted by atomic mass is 9.94. The van der Waals surface area contributed by atoms with Crippen LogP contribution in [-0.2, 0) is 0 Å². The maximum Gasteiger partial charge on any atom is 0.270 e. The maximum absolute atomic E-state index is 12.9. The van der Waals surface area contributed by atoms with Crippen molar-refractivity contribution in [2.75, 3.05) is 0 Å². The van der Waals surface area contributed by atoms with E-state index in [-0.39, 0.29) is 16.8 Å². The minimum atomic E-state index is -0.565. The van der Waals surface area contributed by atoms with Crippen molar-refractivity contribution >= 4 is 39.1 Å². The molecule has 0 aromatic heterocycles. The van der Waals surface area contributed by atoms with E-state index in [0.29, 0.717) is 0 Å². The van der Waals surface area contributed by atoms with Crippen molar-refractivity contribution in [2.45, 2.75) is 0 Å². The van der Waals surface area contributed by atoms with Crippen LogP contribution in [0.4, 0.5) is 5.69 Å². The molecule has 5 nitrogen and oxygen atoms in total. The minimum Gasteiger partial charge on any atom is -0.288 e. The first-order valence-corrected chi connectivity index (χ1v) is 8.90. The first-order chi connectivity index (χ1) is 14.1. The molecule has 0 fully saturated rings. The molecule has 4 rings (SSSR count). The normalized spacial score (nSPS) is 11.3. The molecule has 0 aliphatic carbocycles. The molecule has 0 N–H and O–H groups in total. The number of non-ortho nitro benzene ring substituents is 1. The van der Waals surface area contributed by atoms with Gasteiger partial charge < -0.3 is 0 Å². The zero-order valence-corrected chi connectivity index (χ0v) is 15.2. The van der Waals surface area contributed by atoms with Gasteiger partial charge in [0.05, 0.1) is 4.92 Å². The number of carbonyl (C=O) groups excluding carboxylic acids is 1. The molecule has 0 saturated heterocycles. The number of rotatable bonds is 4. The first-order valence-electron chi connectivity index (χ1n) is 8.90. The third-order valence-electron chi connectivity index (χ3n) is 4.79. The van der Waals surface area contributed by atoms with Crippen LogP contribution in [0.5, 0.6) is 0 Å². The molecule has 0 unspecified atom stereocenters. The molecule has 0 aliphatic rings. The number of nitro benzene ring substituents is 1. The highest BCUT2D eigenvalue weighted by atomic mass is 16.6. The molecule has 0 aliphatic heterocycles. The summed E-state index contributed by atoms with van der Waals surface area (Å²) < 4.78 is 0. The topological polar surface area (TPSA) is 84.0 Å². The Labute approximate surface area is 166 Å². The lowest BCUT2D eigenvalue weighted by molar-refractivity contribution is -0.384. The van der Waals surface area contributed by atoms with Gasteiger partial charge in [0.2, 0.25) is 5.78 Å². The Morgan fingerprint density at radius 1 is 0.897 bits per heavy atom. The molecule has 29 heavy (non-hydrogen) atoms. The lowest BCUT2D eigenvalue weighted by Gasteiger charge is -2.09. The molecular formula is C24H14N2O3. The molecule has 0 bridgehead atoms. The van der Waals surface area contributed by atoms with Gasteiger partial charge in [0.1, 0.15) is 11.6 Å². The zero-order chi connectivity index (χ0) is 20.4. The number of nitriles is 1. The number of ketones is 1. The van der Waals surface area contributed by atoms with Gasteiger partial charge >= 0.3 is 0 Å². The van der Waals surface area contributed by atoms with Gasteiger partial charge in [0.25, 0.3) is 5.69 Å².